The van der Waals surface area contributed by atoms with Crippen molar-refractivity contribution in [3.05, 3.63) is 0 Å². The zero-order chi connectivity index (χ0) is 10.4. The van der Waals surface area contributed by atoms with Crippen molar-refractivity contribution in [1.29, 1.82) is 0 Å². The van der Waals surface area contributed by atoms with Crippen molar-refractivity contribution in [3.8, 4) is 0 Å². The van der Waals surface area contributed by atoms with Crippen molar-refractivity contribution in [2.24, 2.45) is 5.92 Å². The Kier molecular flexibility index (Phi) is 5.48. The van der Waals surface area contributed by atoms with Gasteiger partial charge in [0, 0.05) is 24.8 Å². The van der Waals surface area contributed by atoms with E-state index in [0.29, 0.717) is 12.3 Å². The molecular weight excluding hydrogens is 244 g/mol. The van der Waals surface area contributed by atoms with E-state index < -0.39 is 0 Å². The van der Waals surface area contributed by atoms with Gasteiger partial charge in [-0.3, -0.25) is 4.79 Å². The highest BCUT2D eigenvalue weighted by atomic mass is 79.9. The summed E-state index contributed by atoms with van der Waals surface area (Å²) in [7, 11) is 0. The number of hydrogen-bond acceptors (Lipinski definition) is 2. The summed E-state index contributed by atoms with van der Waals surface area (Å²) in [5.41, 5.74) is 0. The Morgan fingerprint density at radius 1 is 1.64 bits per heavy atom. The number of likely N-dealkylation sites (tertiary alicyclic amines) is 1. The molecule has 14 heavy (non-hydrogen) atoms. The summed E-state index contributed by atoms with van der Waals surface area (Å²) < 4.78 is 0. The van der Waals surface area contributed by atoms with E-state index in [1.54, 1.807) is 0 Å². The largest absolute Gasteiger partial charge is 0.356 e. The van der Waals surface area contributed by atoms with Crippen LogP contribution in [0.5, 0.6) is 0 Å². The topological polar surface area (TPSA) is 32.3 Å². The second-order valence-corrected chi connectivity index (χ2v) is 4.58. The number of carbonyl (C=O) groups excluding carboxylic acids is 1. The van der Waals surface area contributed by atoms with Gasteiger partial charge >= 0.3 is 0 Å². The fourth-order valence-corrected chi connectivity index (χ4v) is 2.16. The van der Waals surface area contributed by atoms with Crippen molar-refractivity contribution in [1.82, 2.24) is 10.2 Å². The summed E-state index contributed by atoms with van der Waals surface area (Å²) >= 11 is 3.26. The molecule has 4 heteroatoms. The molecule has 0 radical (unpaired) electrons. The first-order valence-corrected chi connectivity index (χ1v) is 6.43. The van der Waals surface area contributed by atoms with E-state index >= 15 is 0 Å². The van der Waals surface area contributed by atoms with Gasteiger partial charge in [0.2, 0.25) is 5.91 Å². The predicted octanol–water partition coefficient (Wildman–Crippen LogP) is 1.23. The van der Waals surface area contributed by atoms with Crippen molar-refractivity contribution in [3.63, 3.8) is 0 Å². The van der Waals surface area contributed by atoms with Gasteiger partial charge in [0.25, 0.3) is 0 Å². The van der Waals surface area contributed by atoms with E-state index in [9.17, 15) is 4.79 Å². The van der Waals surface area contributed by atoms with Crippen LogP contribution in [-0.2, 0) is 4.79 Å². The standard InChI is InChI=1S/C10H19BrN2O/c1-2-13-6-4-9(8-13)7-12-10(14)3-5-11/h9H,2-8H2,1H3,(H,12,14). The maximum atomic E-state index is 11.2. The highest BCUT2D eigenvalue weighted by molar-refractivity contribution is 9.09. The SMILES string of the molecule is CCN1CCC(CNC(=O)CCBr)C1. The first-order valence-electron chi connectivity index (χ1n) is 5.31. The smallest absolute Gasteiger partial charge is 0.220 e. The molecule has 1 unspecified atom stereocenters. The molecule has 82 valence electrons. The lowest BCUT2D eigenvalue weighted by Crippen LogP contribution is -2.31. The summed E-state index contributed by atoms with van der Waals surface area (Å²) in [4.78, 5) is 13.6. The van der Waals surface area contributed by atoms with Crippen molar-refractivity contribution in [2.75, 3.05) is 31.5 Å². The minimum Gasteiger partial charge on any atom is -0.356 e. The van der Waals surface area contributed by atoms with Gasteiger partial charge in [-0.25, -0.2) is 0 Å². The Hall–Kier alpha value is -0.0900. The molecule has 0 spiro atoms. The molecule has 0 aromatic carbocycles. The molecule has 0 bridgehead atoms. The van der Waals surface area contributed by atoms with Crippen LogP contribution >= 0.6 is 15.9 Å². The second kappa shape index (κ2) is 6.40. The van der Waals surface area contributed by atoms with Gasteiger partial charge in [-0.2, -0.15) is 0 Å². The molecule has 1 heterocycles. The molecule has 0 aliphatic carbocycles. The Balaban J connectivity index is 2.11. The molecule has 1 fully saturated rings. The maximum absolute atomic E-state index is 11.2. The lowest BCUT2D eigenvalue weighted by atomic mass is 10.1. The van der Waals surface area contributed by atoms with Crippen LogP contribution in [0.15, 0.2) is 0 Å². The summed E-state index contributed by atoms with van der Waals surface area (Å²) in [5, 5.41) is 3.73. The molecule has 1 rings (SSSR count). The average Bonchev–Trinajstić information content (AvgIpc) is 2.63. The second-order valence-electron chi connectivity index (χ2n) is 3.79. The van der Waals surface area contributed by atoms with Crippen molar-refractivity contribution >= 4 is 21.8 Å². The van der Waals surface area contributed by atoms with Crippen LogP contribution in [0, 0.1) is 5.92 Å². The Morgan fingerprint density at radius 2 is 2.43 bits per heavy atom. The molecule has 1 atom stereocenters. The zero-order valence-corrected chi connectivity index (χ0v) is 10.3. The molecule has 1 saturated heterocycles. The normalized spacial score (nSPS) is 22.6. The van der Waals surface area contributed by atoms with Crippen LogP contribution in [0.4, 0.5) is 0 Å². The number of amides is 1. The first kappa shape index (κ1) is 12.0. The Labute approximate surface area is 94.4 Å². The number of hydrogen-bond donors (Lipinski definition) is 1. The number of nitrogens with one attached hydrogen (secondary N) is 1. The van der Waals surface area contributed by atoms with Gasteiger partial charge < -0.3 is 10.2 Å². The van der Waals surface area contributed by atoms with Gasteiger partial charge in [-0.05, 0) is 25.4 Å². The highest BCUT2D eigenvalue weighted by Gasteiger charge is 2.20. The maximum Gasteiger partial charge on any atom is 0.220 e. The van der Waals surface area contributed by atoms with E-state index in [1.807, 2.05) is 0 Å². The summed E-state index contributed by atoms with van der Waals surface area (Å²) in [6.45, 7) is 6.50. The van der Waals surface area contributed by atoms with Crippen LogP contribution in [0.2, 0.25) is 0 Å². The molecule has 0 saturated carbocycles. The highest BCUT2D eigenvalue weighted by Crippen LogP contribution is 2.14. The van der Waals surface area contributed by atoms with Crippen LogP contribution < -0.4 is 5.32 Å². The van der Waals surface area contributed by atoms with E-state index in [1.165, 1.54) is 13.0 Å². The third kappa shape index (κ3) is 3.96. The minimum absolute atomic E-state index is 0.164. The summed E-state index contributed by atoms with van der Waals surface area (Å²) in [5.74, 6) is 0.825. The number of carbonyl (C=O) groups is 1. The average molecular weight is 263 g/mol. The predicted molar refractivity (Wildman–Crippen MR) is 61.6 cm³/mol. The van der Waals surface area contributed by atoms with Gasteiger partial charge in [0.15, 0.2) is 0 Å². The van der Waals surface area contributed by atoms with Gasteiger partial charge in [0.1, 0.15) is 0 Å². The third-order valence-electron chi connectivity index (χ3n) is 2.73. The molecule has 3 nitrogen and oxygen atoms in total. The van der Waals surface area contributed by atoms with Crippen LogP contribution in [-0.4, -0.2) is 42.3 Å². The van der Waals surface area contributed by atoms with Crippen LogP contribution in [0.1, 0.15) is 19.8 Å². The molecule has 0 aromatic rings. The first-order chi connectivity index (χ1) is 6.76. The van der Waals surface area contributed by atoms with Crippen LogP contribution in [0.25, 0.3) is 0 Å². The zero-order valence-electron chi connectivity index (χ0n) is 8.76. The van der Waals surface area contributed by atoms with Crippen molar-refractivity contribution in [2.45, 2.75) is 19.8 Å². The molecule has 1 aliphatic rings. The van der Waals surface area contributed by atoms with E-state index in [4.69, 9.17) is 0 Å². The number of halogens is 1. The molecular formula is C10H19BrN2O. The fraction of sp³-hybridized carbons (Fsp3) is 0.900. The van der Waals surface area contributed by atoms with Gasteiger partial charge in [-0.1, -0.05) is 22.9 Å². The van der Waals surface area contributed by atoms with Gasteiger partial charge in [-0.15, -0.1) is 0 Å². The van der Waals surface area contributed by atoms with Gasteiger partial charge in [0.05, 0.1) is 0 Å². The van der Waals surface area contributed by atoms with E-state index in [2.05, 4.69) is 33.1 Å². The summed E-state index contributed by atoms with van der Waals surface area (Å²) in [6.07, 6.45) is 1.81. The molecule has 1 aliphatic heterocycles. The third-order valence-corrected chi connectivity index (χ3v) is 3.12. The number of rotatable bonds is 5. The fourth-order valence-electron chi connectivity index (χ4n) is 1.80. The van der Waals surface area contributed by atoms with E-state index in [0.717, 1.165) is 25.0 Å². The molecule has 0 aromatic heterocycles. The number of alkyl halides is 1. The summed E-state index contributed by atoms with van der Waals surface area (Å²) in [6, 6.07) is 0. The number of nitrogens with zero attached hydrogens (tertiary/aromatic N) is 1. The monoisotopic (exact) mass is 262 g/mol. The molecule has 1 amide bonds. The lowest BCUT2D eigenvalue weighted by Gasteiger charge is -2.13. The minimum atomic E-state index is 0.164. The van der Waals surface area contributed by atoms with Crippen LogP contribution in [0.3, 0.4) is 0 Å². The lowest BCUT2D eigenvalue weighted by molar-refractivity contribution is -0.120. The Bertz CT molecular complexity index is 187. The quantitative estimate of drug-likeness (QED) is 0.757. The van der Waals surface area contributed by atoms with Crippen molar-refractivity contribution < 1.29 is 4.79 Å². The Morgan fingerprint density at radius 3 is 3.00 bits per heavy atom. The molecule has 1 N–H and O–H groups in total. The van der Waals surface area contributed by atoms with E-state index in [-0.39, 0.29) is 5.91 Å².